The minimum Gasteiger partial charge on any atom is -0.494 e. The van der Waals surface area contributed by atoms with Crippen LogP contribution < -0.4 is 4.74 Å². The monoisotopic (exact) mass is 326 g/mol. The summed E-state index contributed by atoms with van der Waals surface area (Å²) in [6.07, 6.45) is -0.597. The molecule has 0 bridgehead atoms. The lowest BCUT2D eigenvalue weighted by Gasteiger charge is -2.10. The summed E-state index contributed by atoms with van der Waals surface area (Å²) < 4.78 is 6.51. The number of aliphatic hydroxyl groups is 1. The highest BCUT2D eigenvalue weighted by Crippen LogP contribution is 2.34. The zero-order valence-corrected chi connectivity index (χ0v) is 12.7. The smallest absolute Gasteiger partial charge is 0.119 e. The second-order valence-electron chi connectivity index (χ2n) is 4.01. The van der Waals surface area contributed by atoms with Gasteiger partial charge in [0.25, 0.3) is 0 Å². The van der Waals surface area contributed by atoms with E-state index < -0.39 is 6.10 Å². The van der Waals surface area contributed by atoms with Crippen LogP contribution in [0.1, 0.15) is 29.0 Å². The summed E-state index contributed by atoms with van der Waals surface area (Å²) in [5, 5.41) is 10.4. The largest absolute Gasteiger partial charge is 0.494 e. The van der Waals surface area contributed by atoms with Crippen LogP contribution in [0.2, 0.25) is 0 Å². The lowest BCUT2D eigenvalue weighted by atomic mass is 10.1. The molecule has 0 aliphatic rings. The zero-order valence-electron chi connectivity index (χ0n) is 10.3. The van der Waals surface area contributed by atoms with Gasteiger partial charge >= 0.3 is 0 Å². The Hall–Kier alpha value is -0.840. The Morgan fingerprint density at radius 1 is 1.39 bits per heavy atom. The average Bonchev–Trinajstić information content (AvgIpc) is 2.69. The van der Waals surface area contributed by atoms with Crippen LogP contribution in [0.5, 0.6) is 5.75 Å². The first-order valence-electron chi connectivity index (χ1n) is 5.78. The summed E-state index contributed by atoms with van der Waals surface area (Å²) in [7, 11) is 0. The van der Waals surface area contributed by atoms with Crippen molar-refractivity contribution < 1.29 is 9.84 Å². The normalized spacial score (nSPS) is 12.4. The number of rotatable bonds is 4. The Labute approximate surface area is 119 Å². The fraction of sp³-hybridized carbons (Fsp3) is 0.286. The second kappa shape index (κ2) is 5.87. The van der Waals surface area contributed by atoms with E-state index in [4.69, 9.17) is 4.74 Å². The summed E-state index contributed by atoms with van der Waals surface area (Å²) in [5.41, 5.74) is 2.00. The van der Waals surface area contributed by atoms with Crippen molar-refractivity contribution in [3.63, 3.8) is 0 Å². The molecule has 0 fully saturated rings. The minimum atomic E-state index is -0.597. The SMILES string of the molecule is CCOc1cccc(C(O)c2cc(C)c(Br)s2)c1. The lowest BCUT2D eigenvalue weighted by Crippen LogP contribution is -1.98. The lowest BCUT2D eigenvalue weighted by molar-refractivity contribution is 0.223. The predicted octanol–water partition coefficient (Wildman–Crippen LogP) is 4.30. The van der Waals surface area contributed by atoms with E-state index in [0.29, 0.717) is 6.61 Å². The highest BCUT2D eigenvalue weighted by Gasteiger charge is 2.15. The van der Waals surface area contributed by atoms with Gasteiger partial charge < -0.3 is 9.84 Å². The van der Waals surface area contributed by atoms with Crippen molar-refractivity contribution in [2.24, 2.45) is 0 Å². The van der Waals surface area contributed by atoms with Crippen LogP contribution in [0.4, 0.5) is 0 Å². The summed E-state index contributed by atoms with van der Waals surface area (Å²) in [6, 6.07) is 9.61. The molecule has 0 aliphatic heterocycles. The van der Waals surface area contributed by atoms with E-state index in [1.807, 2.05) is 44.2 Å². The summed E-state index contributed by atoms with van der Waals surface area (Å²) in [4.78, 5) is 0.938. The molecule has 0 spiro atoms. The van der Waals surface area contributed by atoms with Crippen molar-refractivity contribution in [2.75, 3.05) is 6.61 Å². The van der Waals surface area contributed by atoms with Crippen LogP contribution >= 0.6 is 27.3 Å². The van der Waals surface area contributed by atoms with Crippen LogP contribution in [0.25, 0.3) is 0 Å². The Balaban J connectivity index is 2.27. The topological polar surface area (TPSA) is 29.5 Å². The minimum absolute atomic E-state index is 0.597. The van der Waals surface area contributed by atoms with Gasteiger partial charge in [0.05, 0.1) is 10.4 Å². The molecule has 2 rings (SSSR count). The zero-order chi connectivity index (χ0) is 13.1. The Kier molecular flexibility index (Phi) is 4.43. The molecule has 1 N–H and O–H groups in total. The highest BCUT2D eigenvalue weighted by molar-refractivity contribution is 9.11. The molecule has 96 valence electrons. The van der Waals surface area contributed by atoms with E-state index in [2.05, 4.69) is 15.9 Å². The van der Waals surface area contributed by atoms with Crippen molar-refractivity contribution >= 4 is 27.3 Å². The standard InChI is InChI=1S/C14H15BrO2S/c1-3-17-11-6-4-5-10(8-11)13(16)12-7-9(2)14(15)18-12/h4-8,13,16H,3H2,1-2H3. The fourth-order valence-corrected chi connectivity index (χ4v) is 3.31. The number of aliphatic hydroxyl groups excluding tert-OH is 1. The van der Waals surface area contributed by atoms with E-state index >= 15 is 0 Å². The molecule has 0 aliphatic carbocycles. The third kappa shape index (κ3) is 2.94. The van der Waals surface area contributed by atoms with Crippen LogP contribution in [0.15, 0.2) is 34.1 Å². The molecule has 0 saturated heterocycles. The molecule has 0 amide bonds. The van der Waals surface area contributed by atoms with Crippen LogP contribution in [-0.4, -0.2) is 11.7 Å². The second-order valence-corrected chi connectivity index (χ2v) is 6.42. The maximum Gasteiger partial charge on any atom is 0.119 e. The third-order valence-corrected chi connectivity index (χ3v) is 4.82. The maximum atomic E-state index is 10.4. The highest BCUT2D eigenvalue weighted by atomic mass is 79.9. The molecular formula is C14H15BrO2S. The van der Waals surface area contributed by atoms with E-state index in [1.54, 1.807) is 11.3 Å². The summed E-state index contributed by atoms with van der Waals surface area (Å²) in [6.45, 7) is 4.60. The van der Waals surface area contributed by atoms with Gasteiger partial charge in [0.15, 0.2) is 0 Å². The first-order chi connectivity index (χ1) is 8.61. The molecule has 2 aromatic rings. The quantitative estimate of drug-likeness (QED) is 0.907. The molecule has 1 aromatic heterocycles. The number of aryl methyl sites for hydroxylation is 1. The number of benzene rings is 1. The third-order valence-electron chi connectivity index (χ3n) is 2.63. The van der Waals surface area contributed by atoms with E-state index in [-0.39, 0.29) is 0 Å². The van der Waals surface area contributed by atoms with Gasteiger partial charge in [-0.2, -0.15) is 0 Å². The van der Waals surface area contributed by atoms with Crippen LogP contribution in [0.3, 0.4) is 0 Å². The number of halogens is 1. The van der Waals surface area contributed by atoms with Crippen molar-refractivity contribution in [1.82, 2.24) is 0 Å². The molecule has 0 radical (unpaired) electrons. The molecule has 0 saturated carbocycles. The molecule has 1 unspecified atom stereocenters. The number of hydrogen-bond donors (Lipinski definition) is 1. The van der Waals surface area contributed by atoms with Gasteiger partial charge in [0.1, 0.15) is 11.9 Å². The van der Waals surface area contributed by atoms with Gasteiger partial charge in [-0.15, -0.1) is 11.3 Å². The van der Waals surface area contributed by atoms with E-state index in [9.17, 15) is 5.11 Å². The van der Waals surface area contributed by atoms with Crippen molar-refractivity contribution in [2.45, 2.75) is 20.0 Å². The van der Waals surface area contributed by atoms with E-state index in [1.165, 1.54) is 0 Å². The van der Waals surface area contributed by atoms with Crippen LogP contribution in [-0.2, 0) is 0 Å². The van der Waals surface area contributed by atoms with Gasteiger partial charge in [-0.3, -0.25) is 0 Å². The van der Waals surface area contributed by atoms with Gasteiger partial charge in [0, 0.05) is 4.88 Å². The molecular weight excluding hydrogens is 312 g/mol. The molecule has 1 atom stereocenters. The maximum absolute atomic E-state index is 10.4. The Morgan fingerprint density at radius 2 is 2.17 bits per heavy atom. The Morgan fingerprint density at radius 3 is 2.78 bits per heavy atom. The molecule has 18 heavy (non-hydrogen) atoms. The van der Waals surface area contributed by atoms with Crippen molar-refractivity contribution in [1.29, 1.82) is 0 Å². The van der Waals surface area contributed by atoms with Crippen molar-refractivity contribution in [3.05, 3.63) is 50.1 Å². The van der Waals surface area contributed by atoms with Gasteiger partial charge in [0.2, 0.25) is 0 Å². The average molecular weight is 327 g/mol. The molecule has 1 aromatic carbocycles. The number of hydrogen-bond acceptors (Lipinski definition) is 3. The summed E-state index contributed by atoms with van der Waals surface area (Å²) >= 11 is 5.04. The fourth-order valence-electron chi connectivity index (χ4n) is 1.72. The summed E-state index contributed by atoms with van der Waals surface area (Å²) in [5.74, 6) is 0.793. The predicted molar refractivity (Wildman–Crippen MR) is 78.4 cm³/mol. The first kappa shape index (κ1) is 13.6. The molecule has 1 heterocycles. The first-order valence-corrected chi connectivity index (χ1v) is 7.39. The van der Waals surface area contributed by atoms with Gasteiger partial charge in [-0.25, -0.2) is 0 Å². The molecule has 4 heteroatoms. The van der Waals surface area contributed by atoms with E-state index in [0.717, 1.165) is 25.5 Å². The van der Waals surface area contributed by atoms with Crippen molar-refractivity contribution in [3.8, 4) is 5.75 Å². The van der Waals surface area contributed by atoms with Gasteiger partial charge in [-0.1, -0.05) is 12.1 Å². The van der Waals surface area contributed by atoms with Gasteiger partial charge in [-0.05, 0) is 59.1 Å². The number of thiophene rings is 1. The molecule has 2 nitrogen and oxygen atoms in total. The Bertz CT molecular complexity index is 517. The number of ether oxygens (including phenoxy) is 1. The van der Waals surface area contributed by atoms with Crippen LogP contribution in [0, 0.1) is 6.92 Å².